The molecule has 1 saturated heterocycles. The molecule has 1 aliphatic rings. The predicted octanol–water partition coefficient (Wildman–Crippen LogP) is 6.20. The Labute approximate surface area is 191 Å². The van der Waals surface area contributed by atoms with Crippen LogP contribution in [0.1, 0.15) is 16.9 Å². The summed E-state index contributed by atoms with van der Waals surface area (Å²) in [5.41, 5.74) is 1.79. The van der Waals surface area contributed by atoms with Gasteiger partial charge in [-0.2, -0.15) is 5.10 Å². The van der Waals surface area contributed by atoms with Gasteiger partial charge in [0, 0.05) is 9.50 Å². The molecule has 4 rings (SSSR count). The number of amidine groups is 1. The van der Waals surface area contributed by atoms with Gasteiger partial charge in [-0.05, 0) is 65.4 Å². The number of furan rings is 1. The van der Waals surface area contributed by atoms with Gasteiger partial charge in [0.1, 0.15) is 5.76 Å². The van der Waals surface area contributed by atoms with Crippen molar-refractivity contribution >= 4 is 62.7 Å². The van der Waals surface area contributed by atoms with Gasteiger partial charge in [-0.1, -0.05) is 51.8 Å². The molecule has 0 aliphatic carbocycles. The number of carbonyl (C=O) groups excluding carboxylic acids is 1. The van der Waals surface area contributed by atoms with Crippen LogP contribution in [0.2, 0.25) is 5.02 Å². The van der Waals surface area contributed by atoms with Crippen LogP contribution in [0.25, 0.3) is 6.08 Å². The minimum atomic E-state index is -0.149. The van der Waals surface area contributed by atoms with Crippen molar-refractivity contribution in [2.45, 2.75) is 6.54 Å². The first-order valence-electron chi connectivity index (χ1n) is 8.94. The molecule has 1 amide bonds. The highest BCUT2D eigenvalue weighted by Gasteiger charge is 2.34. The fourth-order valence-electron chi connectivity index (χ4n) is 2.68. The molecule has 1 aromatic heterocycles. The lowest BCUT2D eigenvalue weighted by Crippen LogP contribution is -2.28. The van der Waals surface area contributed by atoms with Crippen molar-refractivity contribution in [3.63, 3.8) is 0 Å². The Kier molecular flexibility index (Phi) is 6.52. The molecule has 0 N–H and O–H groups in total. The number of carbonyl (C=O) groups is 1. The highest BCUT2D eigenvalue weighted by molar-refractivity contribution is 9.10. The van der Waals surface area contributed by atoms with E-state index in [1.165, 1.54) is 11.8 Å². The molecule has 30 heavy (non-hydrogen) atoms. The number of hydrogen-bond acceptors (Lipinski definition) is 5. The number of halogens is 2. The lowest BCUT2D eigenvalue weighted by Gasteiger charge is -2.12. The number of nitrogens with zero attached hydrogens (tertiary/aromatic N) is 3. The van der Waals surface area contributed by atoms with Gasteiger partial charge in [0.05, 0.1) is 23.9 Å². The molecule has 0 bridgehead atoms. The van der Waals surface area contributed by atoms with E-state index in [1.807, 2.05) is 48.5 Å². The summed E-state index contributed by atoms with van der Waals surface area (Å²) < 4.78 is 6.40. The van der Waals surface area contributed by atoms with E-state index >= 15 is 0 Å². The van der Waals surface area contributed by atoms with Gasteiger partial charge >= 0.3 is 0 Å². The Bertz CT molecular complexity index is 1120. The summed E-state index contributed by atoms with van der Waals surface area (Å²) in [6, 6.07) is 18.6. The van der Waals surface area contributed by atoms with Crippen LogP contribution >= 0.6 is 39.3 Å². The van der Waals surface area contributed by atoms with E-state index in [9.17, 15) is 4.79 Å². The lowest BCUT2D eigenvalue weighted by atomic mass is 10.2. The predicted molar refractivity (Wildman–Crippen MR) is 125 cm³/mol. The van der Waals surface area contributed by atoms with E-state index in [4.69, 9.17) is 16.0 Å². The fourth-order valence-corrected chi connectivity index (χ4v) is 4.01. The minimum Gasteiger partial charge on any atom is -0.467 e. The van der Waals surface area contributed by atoms with Crippen LogP contribution in [-0.2, 0) is 11.3 Å². The maximum Gasteiger partial charge on any atom is 0.267 e. The molecule has 0 atom stereocenters. The van der Waals surface area contributed by atoms with Crippen LogP contribution < -0.4 is 0 Å². The molecule has 1 aliphatic heterocycles. The van der Waals surface area contributed by atoms with Gasteiger partial charge < -0.3 is 4.42 Å². The quantitative estimate of drug-likeness (QED) is 0.238. The number of rotatable bonds is 5. The van der Waals surface area contributed by atoms with Gasteiger partial charge in [-0.15, -0.1) is 5.10 Å². The van der Waals surface area contributed by atoms with Gasteiger partial charge in [-0.3, -0.25) is 9.69 Å². The molecule has 150 valence electrons. The SMILES string of the molecule is O=C1/C(=C/c2ccc(Cl)cc2)S/C(=N\N=C\c2ccc(Br)cc2)N1Cc1ccco1. The minimum absolute atomic E-state index is 0.149. The van der Waals surface area contributed by atoms with Gasteiger partial charge in [0.15, 0.2) is 5.17 Å². The number of benzene rings is 2. The third-order valence-corrected chi connectivity index (χ3v) is 5.95. The first kappa shape index (κ1) is 20.7. The second-order valence-corrected chi connectivity index (χ2v) is 8.67. The molecule has 5 nitrogen and oxygen atoms in total. The highest BCUT2D eigenvalue weighted by atomic mass is 79.9. The summed E-state index contributed by atoms with van der Waals surface area (Å²) in [7, 11) is 0. The van der Waals surface area contributed by atoms with E-state index in [0.29, 0.717) is 20.9 Å². The number of hydrogen-bond donors (Lipinski definition) is 0. The summed E-state index contributed by atoms with van der Waals surface area (Å²) in [6.45, 7) is 0.281. The smallest absolute Gasteiger partial charge is 0.267 e. The summed E-state index contributed by atoms with van der Waals surface area (Å²) in [4.78, 5) is 15.1. The van der Waals surface area contributed by atoms with Crippen molar-refractivity contribution in [2.75, 3.05) is 0 Å². The lowest BCUT2D eigenvalue weighted by molar-refractivity contribution is -0.122. The molecule has 0 spiro atoms. The zero-order valence-electron chi connectivity index (χ0n) is 15.5. The average Bonchev–Trinajstić information content (AvgIpc) is 3.35. The normalized spacial score (nSPS) is 17.0. The van der Waals surface area contributed by atoms with E-state index in [-0.39, 0.29) is 12.5 Å². The van der Waals surface area contributed by atoms with Crippen molar-refractivity contribution in [3.8, 4) is 0 Å². The third kappa shape index (κ3) is 5.11. The second-order valence-electron chi connectivity index (χ2n) is 6.31. The topological polar surface area (TPSA) is 58.2 Å². The summed E-state index contributed by atoms with van der Waals surface area (Å²) in [5, 5.41) is 9.61. The summed E-state index contributed by atoms with van der Waals surface area (Å²) >= 11 is 10.6. The first-order chi connectivity index (χ1) is 14.6. The van der Waals surface area contributed by atoms with Crippen LogP contribution in [0.4, 0.5) is 0 Å². The largest absolute Gasteiger partial charge is 0.467 e. The van der Waals surface area contributed by atoms with E-state index in [0.717, 1.165) is 15.6 Å². The summed E-state index contributed by atoms with van der Waals surface area (Å²) in [5.74, 6) is 0.519. The van der Waals surface area contributed by atoms with Crippen molar-refractivity contribution in [2.24, 2.45) is 10.2 Å². The molecule has 0 radical (unpaired) electrons. The average molecular weight is 501 g/mol. The molecular weight excluding hydrogens is 486 g/mol. The van der Waals surface area contributed by atoms with E-state index in [1.54, 1.807) is 35.6 Å². The molecule has 3 aromatic rings. The molecule has 8 heteroatoms. The molecule has 0 saturated carbocycles. The van der Waals surface area contributed by atoms with Crippen LogP contribution in [0.15, 0.2) is 90.9 Å². The standard InChI is InChI=1S/C22H15BrClN3O2S/c23-17-7-3-16(4-8-17)13-25-26-22-27(14-19-2-1-11-29-19)21(28)20(30-22)12-15-5-9-18(24)10-6-15/h1-13H,14H2/b20-12-,25-13+,26-22-. The third-order valence-electron chi connectivity index (χ3n) is 4.17. The van der Waals surface area contributed by atoms with Crippen LogP contribution in [0.5, 0.6) is 0 Å². The Morgan fingerprint density at radius 2 is 1.80 bits per heavy atom. The van der Waals surface area contributed by atoms with Gasteiger partial charge in [0.25, 0.3) is 5.91 Å². The molecule has 2 heterocycles. The van der Waals surface area contributed by atoms with Gasteiger partial charge in [-0.25, -0.2) is 0 Å². The Morgan fingerprint density at radius 1 is 1.07 bits per heavy atom. The van der Waals surface area contributed by atoms with Crippen LogP contribution in [0.3, 0.4) is 0 Å². The fraction of sp³-hybridized carbons (Fsp3) is 0.0455. The number of thioether (sulfide) groups is 1. The Hall–Kier alpha value is -2.61. The van der Waals surface area contributed by atoms with Gasteiger partial charge in [0.2, 0.25) is 0 Å². The number of amides is 1. The molecule has 0 unspecified atom stereocenters. The van der Waals surface area contributed by atoms with Crippen LogP contribution in [0, 0.1) is 0 Å². The van der Waals surface area contributed by atoms with E-state index in [2.05, 4.69) is 26.1 Å². The Balaban J connectivity index is 1.60. The maximum absolute atomic E-state index is 13.0. The van der Waals surface area contributed by atoms with Crippen LogP contribution in [-0.4, -0.2) is 22.2 Å². The molecule has 2 aromatic carbocycles. The maximum atomic E-state index is 13.0. The highest BCUT2D eigenvalue weighted by Crippen LogP contribution is 2.34. The monoisotopic (exact) mass is 499 g/mol. The molecular formula is C22H15BrClN3O2S. The molecule has 1 fully saturated rings. The van der Waals surface area contributed by atoms with Crippen molar-refractivity contribution < 1.29 is 9.21 Å². The van der Waals surface area contributed by atoms with E-state index < -0.39 is 0 Å². The van der Waals surface area contributed by atoms with Crippen molar-refractivity contribution in [1.82, 2.24) is 4.90 Å². The van der Waals surface area contributed by atoms with Crippen molar-refractivity contribution in [1.29, 1.82) is 0 Å². The second kappa shape index (κ2) is 9.47. The summed E-state index contributed by atoms with van der Waals surface area (Å²) in [6.07, 6.45) is 5.05. The van der Waals surface area contributed by atoms with Crippen molar-refractivity contribution in [3.05, 3.63) is 98.2 Å². The first-order valence-corrected chi connectivity index (χ1v) is 10.9. The zero-order valence-corrected chi connectivity index (χ0v) is 18.7. The zero-order chi connectivity index (χ0) is 20.9. The Morgan fingerprint density at radius 3 is 2.50 bits per heavy atom.